The predicted octanol–water partition coefficient (Wildman–Crippen LogP) is -0.337. The lowest BCUT2D eigenvalue weighted by molar-refractivity contribution is 0.495. The van der Waals surface area contributed by atoms with Crippen molar-refractivity contribution >= 4 is 9.84 Å². The first kappa shape index (κ1) is 9.95. The number of rotatable bonds is 5. The van der Waals surface area contributed by atoms with Gasteiger partial charge in [0.15, 0.2) is 0 Å². The molecule has 1 aliphatic carbocycles. The molecular formula is C7H16N2O2S. The fourth-order valence-electron chi connectivity index (χ4n) is 1.31. The van der Waals surface area contributed by atoms with E-state index in [0.717, 1.165) is 6.42 Å². The van der Waals surface area contributed by atoms with Crippen LogP contribution in [0.2, 0.25) is 0 Å². The highest BCUT2D eigenvalue weighted by Crippen LogP contribution is 2.33. The molecule has 0 bridgehead atoms. The molecule has 1 fully saturated rings. The number of nitrogens with one attached hydrogen (secondary N) is 1. The maximum absolute atomic E-state index is 10.9. The van der Waals surface area contributed by atoms with Gasteiger partial charge in [-0.3, -0.25) is 11.3 Å². The van der Waals surface area contributed by atoms with Gasteiger partial charge < -0.3 is 0 Å². The first-order valence-electron chi connectivity index (χ1n) is 4.15. The Kier molecular flexibility index (Phi) is 3.09. The van der Waals surface area contributed by atoms with E-state index in [1.54, 1.807) is 0 Å². The van der Waals surface area contributed by atoms with Gasteiger partial charge >= 0.3 is 0 Å². The Hall–Kier alpha value is -0.130. The van der Waals surface area contributed by atoms with Crippen molar-refractivity contribution in [2.75, 3.05) is 12.0 Å². The molecule has 4 nitrogen and oxygen atoms in total. The van der Waals surface area contributed by atoms with Crippen molar-refractivity contribution in [3.8, 4) is 0 Å². The van der Waals surface area contributed by atoms with E-state index in [0.29, 0.717) is 5.92 Å². The van der Waals surface area contributed by atoms with Crippen molar-refractivity contribution in [2.45, 2.75) is 25.3 Å². The zero-order chi connectivity index (χ0) is 9.19. The van der Waals surface area contributed by atoms with Crippen LogP contribution in [0.4, 0.5) is 0 Å². The summed E-state index contributed by atoms with van der Waals surface area (Å²) >= 11 is 0. The largest absolute Gasteiger partial charge is 0.271 e. The average molecular weight is 192 g/mol. The Balaban J connectivity index is 2.33. The zero-order valence-electron chi connectivity index (χ0n) is 7.29. The lowest BCUT2D eigenvalue weighted by atomic mass is 10.2. The van der Waals surface area contributed by atoms with Gasteiger partial charge in [-0.15, -0.1) is 0 Å². The Morgan fingerprint density at radius 2 is 2.17 bits per heavy atom. The number of hydrogen-bond acceptors (Lipinski definition) is 4. The van der Waals surface area contributed by atoms with Gasteiger partial charge in [0, 0.05) is 12.3 Å². The Morgan fingerprint density at radius 3 is 2.50 bits per heavy atom. The van der Waals surface area contributed by atoms with Crippen molar-refractivity contribution < 1.29 is 8.42 Å². The van der Waals surface area contributed by atoms with E-state index in [9.17, 15) is 8.42 Å². The van der Waals surface area contributed by atoms with E-state index < -0.39 is 9.84 Å². The molecule has 1 saturated carbocycles. The highest BCUT2D eigenvalue weighted by Gasteiger charge is 2.26. The van der Waals surface area contributed by atoms with Crippen molar-refractivity contribution in [3.05, 3.63) is 0 Å². The third kappa shape index (κ3) is 4.04. The third-order valence-electron chi connectivity index (χ3n) is 2.05. The fraction of sp³-hybridized carbons (Fsp3) is 1.00. The molecule has 0 saturated heterocycles. The molecule has 0 amide bonds. The van der Waals surface area contributed by atoms with E-state index in [1.807, 2.05) is 0 Å². The maximum Gasteiger partial charge on any atom is 0.149 e. The molecule has 1 atom stereocenters. The predicted molar refractivity (Wildman–Crippen MR) is 48.2 cm³/mol. The molecular weight excluding hydrogens is 176 g/mol. The van der Waals surface area contributed by atoms with Gasteiger partial charge in [-0.1, -0.05) is 12.8 Å². The van der Waals surface area contributed by atoms with Crippen LogP contribution in [0.15, 0.2) is 0 Å². The van der Waals surface area contributed by atoms with Crippen LogP contribution in [-0.2, 0) is 9.84 Å². The van der Waals surface area contributed by atoms with Gasteiger partial charge in [0.25, 0.3) is 0 Å². The molecule has 0 spiro atoms. The molecule has 5 heteroatoms. The molecule has 72 valence electrons. The minimum Gasteiger partial charge on any atom is -0.271 e. The summed E-state index contributed by atoms with van der Waals surface area (Å²) in [6.45, 7) is 0. The third-order valence-corrected chi connectivity index (χ3v) is 3.06. The monoisotopic (exact) mass is 192 g/mol. The van der Waals surface area contributed by atoms with Gasteiger partial charge in [0.2, 0.25) is 0 Å². The first-order valence-corrected chi connectivity index (χ1v) is 6.21. The van der Waals surface area contributed by atoms with E-state index in [-0.39, 0.29) is 11.8 Å². The minimum atomic E-state index is -2.90. The topological polar surface area (TPSA) is 72.2 Å². The van der Waals surface area contributed by atoms with Crippen molar-refractivity contribution in [2.24, 2.45) is 11.8 Å². The second kappa shape index (κ2) is 3.72. The van der Waals surface area contributed by atoms with E-state index in [1.165, 1.54) is 19.1 Å². The molecule has 0 aromatic heterocycles. The molecule has 12 heavy (non-hydrogen) atoms. The normalized spacial score (nSPS) is 20.8. The van der Waals surface area contributed by atoms with Crippen molar-refractivity contribution in [1.82, 2.24) is 5.43 Å². The highest BCUT2D eigenvalue weighted by atomic mass is 32.2. The average Bonchev–Trinajstić information content (AvgIpc) is 2.67. The van der Waals surface area contributed by atoms with Crippen molar-refractivity contribution in [3.63, 3.8) is 0 Å². The molecule has 0 heterocycles. The molecule has 1 aliphatic rings. The number of hydrogen-bond donors (Lipinski definition) is 2. The summed E-state index contributed by atoms with van der Waals surface area (Å²) < 4.78 is 21.8. The Labute approximate surface area is 73.4 Å². The maximum atomic E-state index is 10.9. The smallest absolute Gasteiger partial charge is 0.149 e. The molecule has 0 aliphatic heterocycles. The van der Waals surface area contributed by atoms with Crippen LogP contribution in [0.3, 0.4) is 0 Å². The van der Waals surface area contributed by atoms with Crippen LogP contribution in [-0.4, -0.2) is 26.5 Å². The summed E-state index contributed by atoms with van der Waals surface area (Å²) in [6, 6.07) is -0.0625. The summed E-state index contributed by atoms with van der Waals surface area (Å²) in [7, 11) is -2.90. The summed E-state index contributed by atoms with van der Waals surface area (Å²) in [5.74, 6) is 6.10. The van der Waals surface area contributed by atoms with Gasteiger partial charge in [0.1, 0.15) is 9.84 Å². The molecule has 1 rings (SSSR count). The van der Waals surface area contributed by atoms with Crippen molar-refractivity contribution in [1.29, 1.82) is 0 Å². The van der Waals surface area contributed by atoms with Gasteiger partial charge in [0.05, 0.1) is 5.75 Å². The summed E-state index contributed by atoms with van der Waals surface area (Å²) in [4.78, 5) is 0. The number of nitrogens with two attached hydrogens (primary N) is 1. The number of sulfone groups is 1. The number of hydrazine groups is 1. The van der Waals surface area contributed by atoms with Crippen LogP contribution in [0, 0.1) is 5.92 Å². The first-order chi connectivity index (χ1) is 5.51. The second-order valence-electron chi connectivity index (χ2n) is 3.64. The summed E-state index contributed by atoms with van der Waals surface area (Å²) in [6.07, 6.45) is 4.58. The van der Waals surface area contributed by atoms with Crippen LogP contribution in [0.1, 0.15) is 19.3 Å². The molecule has 3 N–H and O–H groups in total. The van der Waals surface area contributed by atoms with Gasteiger partial charge in [-0.25, -0.2) is 8.42 Å². The lowest BCUT2D eigenvalue weighted by Gasteiger charge is -2.13. The zero-order valence-corrected chi connectivity index (χ0v) is 8.10. The molecule has 0 radical (unpaired) electrons. The quantitative estimate of drug-likeness (QED) is 0.462. The summed E-state index contributed by atoms with van der Waals surface area (Å²) in [5.41, 5.74) is 2.55. The van der Waals surface area contributed by atoms with E-state index in [4.69, 9.17) is 5.84 Å². The second-order valence-corrected chi connectivity index (χ2v) is 5.82. The van der Waals surface area contributed by atoms with E-state index >= 15 is 0 Å². The standard InChI is InChI=1S/C7H16N2O2S/c1-12(10,11)5-7(9-8)4-6-2-3-6/h6-7,9H,2-5,8H2,1H3. The van der Waals surface area contributed by atoms with Gasteiger partial charge in [-0.2, -0.15) is 0 Å². The van der Waals surface area contributed by atoms with Gasteiger partial charge in [-0.05, 0) is 12.3 Å². The van der Waals surface area contributed by atoms with Crippen LogP contribution >= 0.6 is 0 Å². The highest BCUT2D eigenvalue weighted by molar-refractivity contribution is 7.90. The molecule has 1 unspecified atom stereocenters. The molecule has 0 aromatic carbocycles. The molecule has 0 aromatic rings. The lowest BCUT2D eigenvalue weighted by Crippen LogP contribution is -2.40. The summed E-state index contributed by atoms with van der Waals surface area (Å²) in [5, 5.41) is 0. The SMILES string of the molecule is CS(=O)(=O)CC(CC1CC1)NN. The van der Waals surface area contributed by atoms with Crippen LogP contribution < -0.4 is 11.3 Å². The fourth-order valence-corrected chi connectivity index (χ4v) is 2.27. The van der Waals surface area contributed by atoms with Crippen LogP contribution in [0.5, 0.6) is 0 Å². The Morgan fingerprint density at radius 1 is 1.58 bits per heavy atom. The Bertz CT molecular complexity index is 234. The van der Waals surface area contributed by atoms with E-state index in [2.05, 4.69) is 5.43 Å². The minimum absolute atomic E-state index is 0.0625. The van der Waals surface area contributed by atoms with Crippen LogP contribution in [0.25, 0.3) is 0 Å².